The molecule has 1 N–H and O–H groups in total. The molecule has 35 heavy (non-hydrogen) atoms. The summed E-state index contributed by atoms with van der Waals surface area (Å²) < 4.78 is 7.74. The van der Waals surface area contributed by atoms with Gasteiger partial charge in [-0.05, 0) is 56.0 Å². The molecule has 1 aliphatic carbocycles. The molecular formula is C29H35N3O3. The third kappa shape index (κ3) is 4.54. The molecular weight excluding hydrogens is 438 g/mol. The van der Waals surface area contributed by atoms with Gasteiger partial charge in [-0.1, -0.05) is 56.5 Å². The molecule has 0 spiro atoms. The lowest BCUT2D eigenvalue weighted by Crippen LogP contribution is -2.64. The van der Waals surface area contributed by atoms with Crippen LogP contribution in [0.3, 0.4) is 0 Å². The van der Waals surface area contributed by atoms with Gasteiger partial charge in [0.1, 0.15) is 17.0 Å². The summed E-state index contributed by atoms with van der Waals surface area (Å²) >= 11 is 0. The smallest absolute Gasteiger partial charge is 0.271 e. The van der Waals surface area contributed by atoms with E-state index in [1.165, 1.54) is 6.42 Å². The van der Waals surface area contributed by atoms with Gasteiger partial charge < -0.3 is 19.5 Å². The minimum Gasteiger partial charge on any atom is -0.494 e. The van der Waals surface area contributed by atoms with Crippen molar-refractivity contribution < 1.29 is 14.3 Å². The van der Waals surface area contributed by atoms with Crippen molar-refractivity contribution in [2.45, 2.75) is 77.0 Å². The number of para-hydroxylation sites is 1. The lowest BCUT2D eigenvalue weighted by Gasteiger charge is -2.45. The number of rotatable bonds is 7. The van der Waals surface area contributed by atoms with Gasteiger partial charge in [0.05, 0.1) is 13.2 Å². The number of nitrogens with one attached hydrogen (secondary N) is 1. The molecule has 1 fully saturated rings. The van der Waals surface area contributed by atoms with Gasteiger partial charge in [0.25, 0.3) is 5.91 Å². The predicted molar refractivity (Wildman–Crippen MR) is 137 cm³/mol. The molecule has 1 saturated carbocycles. The molecule has 2 aliphatic rings. The van der Waals surface area contributed by atoms with E-state index < -0.39 is 5.54 Å². The van der Waals surface area contributed by atoms with Crippen molar-refractivity contribution in [3.05, 3.63) is 65.9 Å². The van der Waals surface area contributed by atoms with Crippen molar-refractivity contribution in [2.75, 3.05) is 6.61 Å². The van der Waals surface area contributed by atoms with Gasteiger partial charge >= 0.3 is 0 Å². The number of benzene rings is 2. The SMILES string of the molecule is CCCOc1ccc(CN2C(=O)c3cc4ccccc4n3C[C@]2(C)C(=O)NC2CCCCC2)cc1. The Balaban J connectivity index is 1.48. The molecule has 0 unspecified atom stereocenters. The number of fused-ring (bicyclic) bond motifs is 3. The van der Waals surface area contributed by atoms with E-state index >= 15 is 0 Å². The first-order chi connectivity index (χ1) is 17.0. The van der Waals surface area contributed by atoms with Gasteiger partial charge in [-0.25, -0.2) is 0 Å². The molecule has 5 rings (SSSR count). The molecule has 6 nitrogen and oxygen atoms in total. The highest BCUT2D eigenvalue weighted by molar-refractivity contribution is 6.03. The molecule has 0 radical (unpaired) electrons. The van der Waals surface area contributed by atoms with Crippen LogP contribution in [0.5, 0.6) is 5.75 Å². The van der Waals surface area contributed by atoms with Crippen LogP contribution >= 0.6 is 0 Å². The molecule has 2 heterocycles. The summed E-state index contributed by atoms with van der Waals surface area (Å²) in [5.41, 5.74) is 1.60. The first kappa shape index (κ1) is 23.5. The second kappa shape index (κ2) is 9.76. The highest BCUT2D eigenvalue weighted by Crippen LogP contribution is 2.34. The van der Waals surface area contributed by atoms with Crippen molar-refractivity contribution in [1.29, 1.82) is 0 Å². The Morgan fingerprint density at radius 2 is 1.83 bits per heavy atom. The van der Waals surface area contributed by atoms with Crippen LogP contribution in [-0.2, 0) is 17.9 Å². The fourth-order valence-electron chi connectivity index (χ4n) is 5.44. The molecule has 1 aromatic heterocycles. The van der Waals surface area contributed by atoms with Gasteiger partial charge in [-0.15, -0.1) is 0 Å². The Morgan fingerprint density at radius 1 is 1.09 bits per heavy atom. The maximum absolute atomic E-state index is 13.9. The summed E-state index contributed by atoms with van der Waals surface area (Å²) in [6.45, 7) is 5.46. The van der Waals surface area contributed by atoms with Crippen molar-refractivity contribution in [3.63, 3.8) is 0 Å². The van der Waals surface area contributed by atoms with Crippen LogP contribution in [0.1, 0.15) is 68.4 Å². The Labute approximate surface area is 207 Å². The summed E-state index contributed by atoms with van der Waals surface area (Å²) in [7, 11) is 0. The van der Waals surface area contributed by atoms with Gasteiger partial charge in [0.15, 0.2) is 0 Å². The number of aromatic nitrogens is 1. The zero-order valence-electron chi connectivity index (χ0n) is 20.8. The van der Waals surface area contributed by atoms with Gasteiger partial charge in [0, 0.05) is 23.5 Å². The van der Waals surface area contributed by atoms with Gasteiger partial charge in [-0.3, -0.25) is 9.59 Å². The molecule has 184 valence electrons. The maximum atomic E-state index is 13.9. The van der Waals surface area contributed by atoms with E-state index in [2.05, 4.69) is 12.2 Å². The third-order valence-corrected chi connectivity index (χ3v) is 7.50. The second-order valence-corrected chi connectivity index (χ2v) is 10.1. The fraction of sp³-hybridized carbons (Fsp3) is 0.448. The van der Waals surface area contributed by atoms with E-state index in [1.807, 2.05) is 66.1 Å². The monoisotopic (exact) mass is 473 g/mol. The minimum atomic E-state index is -0.999. The highest BCUT2D eigenvalue weighted by Gasteiger charge is 2.48. The number of carbonyl (C=O) groups is 2. The van der Waals surface area contributed by atoms with Crippen molar-refractivity contribution in [3.8, 4) is 5.75 Å². The lowest BCUT2D eigenvalue weighted by atomic mass is 9.91. The molecule has 1 aliphatic heterocycles. The van der Waals surface area contributed by atoms with Crippen LogP contribution in [-0.4, -0.2) is 39.5 Å². The maximum Gasteiger partial charge on any atom is 0.271 e. The standard InChI is InChI=1S/C29H35N3O3/c1-3-17-35-24-15-13-21(14-16-24)19-32-27(33)26-18-22-9-7-8-12-25(22)31(26)20-29(32,2)28(34)30-23-10-5-4-6-11-23/h7-9,12-16,18,23H,3-6,10-11,17,19-20H2,1-2H3,(H,30,34)/t29-/m1/s1. The Kier molecular flexibility index (Phi) is 6.54. The first-order valence-corrected chi connectivity index (χ1v) is 12.9. The van der Waals surface area contributed by atoms with E-state index in [0.717, 1.165) is 54.3 Å². The average molecular weight is 474 g/mol. The van der Waals surface area contributed by atoms with Crippen LogP contribution in [0.4, 0.5) is 0 Å². The molecule has 1 atom stereocenters. The van der Waals surface area contributed by atoms with E-state index in [4.69, 9.17) is 4.74 Å². The lowest BCUT2D eigenvalue weighted by molar-refractivity contribution is -0.134. The number of amides is 2. The molecule has 2 amide bonds. The number of hydrogen-bond acceptors (Lipinski definition) is 3. The number of carbonyl (C=O) groups excluding carboxylic acids is 2. The van der Waals surface area contributed by atoms with Crippen LogP contribution in [0.25, 0.3) is 10.9 Å². The van der Waals surface area contributed by atoms with Gasteiger partial charge in [0.2, 0.25) is 5.91 Å². The van der Waals surface area contributed by atoms with E-state index in [-0.39, 0.29) is 17.9 Å². The van der Waals surface area contributed by atoms with Crippen LogP contribution in [0.15, 0.2) is 54.6 Å². The third-order valence-electron chi connectivity index (χ3n) is 7.50. The topological polar surface area (TPSA) is 63.6 Å². The zero-order valence-corrected chi connectivity index (χ0v) is 20.8. The van der Waals surface area contributed by atoms with Crippen LogP contribution in [0, 0.1) is 0 Å². The normalized spacial score (nSPS) is 20.6. The van der Waals surface area contributed by atoms with Crippen LogP contribution < -0.4 is 10.1 Å². The molecule has 6 heteroatoms. The number of ether oxygens (including phenoxy) is 1. The average Bonchev–Trinajstić information content (AvgIpc) is 3.25. The summed E-state index contributed by atoms with van der Waals surface area (Å²) in [6.07, 6.45) is 6.48. The Hall–Kier alpha value is -3.28. The highest BCUT2D eigenvalue weighted by atomic mass is 16.5. The quantitative estimate of drug-likeness (QED) is 0.507. The van der Waals surface area contributed by atoms with Crippen LogP contribution in [0.2, 0.25) is 0 Å². The number of nitrogens with zero attached hydrogens (tertiary/aromatic N) is 2. The summed E-state index contributed by atoms with van der Waals surface area (Å²) in [6, 6.07) is 18.0. The Bertz CT molecular complexity index is 1210. The fourth-order valence-corrected chi connectivity index (χ4v) is 5.44. The van der Waals surface area contributed by atoms with E-state index in [9.17, 15) is 9.59 Å². The largest absolute Gasteiger partial charge is 0.494 e. The molecule has 2 aromatic carbocycles. The molecule has 0 bridgehead atoms. The predicted octanol–water partition coefficient (Wildman–Crippen LogP) is 5.29. The molecule has 0 saturated heterocycles. The van der Waals surface area contributed by atoms with Crippen molar-refractivity contribution in [2.24, 2.45) is 0 Å². The van der Waals surface area contributed by atoms with Gasteiger partial charge in [-0.2, -0.15) is 0 Å². The van der Waals surface area contributed by atoms with E-state index in [1.54, 1.807) is 4.90 Å². The molecule has 3 aromatic rings. The number of hydrogen-bond donors (Lipinski definition) is 1. The van der Waals surface area contributed by atoms with Crippen molar-refractivity contribution >= 4 is 22.7 Å². The first-order valence-electron chi connectivity index (χ1n) is 12.9. The summed E-state index contributed by atoms with van der Waals surface area (Å²) in [5, 5.41) is 4.32. The zero-order chi connectivity index (χ0) is 24.4. The Morgan fingerprint density at radius 3 is 2.57 bits per heavy atom. The summed E-state index contributed by atoms with van der Waals surface area (Å²) in [4.78, 5) is 29.5. The minimum absolute atomic E-state index is 0.0657. The second-order valence-electron chi connectivity index (χ2n) is 10.1. The summed E-state index contributed by atoms with van der Waals surface area (Å²) in [5.74, 6) is 0.641. The van der Waals surface area contributed by atoms with Crippen molar-refractivity contribution in [1.82, 2.24) is 14.8 Å². The van der Waals surface area contributed by atoms with E-state index in [0.29, 0.717) is 25.4 Å².